The summed E-state index contributed by atoms with van der Waals surface area (Å²) in [5.74, 6) is 0.474. The summed E-state index contributed by atoms with van der Waals surface area (Å²) in [6.07, 6.45) is 2.99. The standard InChI is InChI=1S/C21H21N3O4S/c1-16-4-2-3-5-20(16)28-15-14-23-21(25)17-6-8-19(9-7-17)29(26,27)24-18-10-12-22-13-11-18/h2-13H,14-15H2,1H3,(H,22,24)(H,23,25). The highest BCUT2D eigenvalue weighted by molar-refractivity contribution is 7.92. The van der Waals surface area contributed by atoms with Crippen molar-refractivity contribution >= 4 is 21.6 Å². The Balaban J connectivity index is 1.54. The highest BCUT2D eigenvalue weighted by Gasteiger charge is 2.15. The van der Waals surface area contributed by atoms with Gasteiger partial charge in [-0.25, -0.2) is 8.42 Å². The van der Waals surface area contributed by atoms with Gasteiger partial charge in [0.2, 0.25) is 0 Å². The Morgan fingerprint density at radius 1 is 1.00 bits per heavy atom. The predicted octanol–water partition coefficient (Wildman–Crippen LogP) is 3.00. The molecule has 0 fully saturated rings. The van der Waals surface area contributed by atoms with E-state index < -0.39 is 10.0 Å². The third-order valence-corrected chi connectivity index (χ3v) is 5.50. The van der Waals surface area contributed by atoms with Gasteiger partial charge in [-0.1, -0.05) is 18.2 Å². The molecule has 0 unspecified atom stereocenters. The fraction of sp³-hybridized carbons (Fsp3) is 0.143. The minimum absolute atomic E-state index is 0.0637. The third kappa shape index (κ3) is 5.55. The molecule has 0 radical (unpaired) electrons. The number of carbonyl (C=O) groups excluding carboxylic acids is 1. The van der Waals surface area contributed by atoms with E-state index in [1.807, 2.05) is 31.2 Å². The predicted molar refractivity (Wildman–Crippen MR) is 110 cm³/mol. The largest absolute Gasteiger partial charge is 0.491 e. The fourth-order valence-corrected chi connectivity index (χ4v) is 3.62. The highest BCUT2D eigenvalue weighted by atomic mass is 32.2. The molecule has 0 saturated carbocycles. The van der Waals surface area contributed by atoms with E-state index in [1.165, 1.54) is 36.7 Å². The van der Waals surface area contributed by atoms with Crippen molar-refractivity contribution in [2.75, 3.05) is 17.9 Å². The lowest BCUT2D eigenvalue weighted by atomic mass is 10.2. The zero-order valence-electron chi connectivity index (χ0n) is 15.8. The quantitative estimate of drug-likeness (QED) is 0.556. The number of nitrogens with zero attached hydrogens (tertiary/aromatic N) is 1. The summed E-state index contributed by atoms with van der Waals surface area (Å²) >= 11 is 0. The van der Waals surface area contributed by atoms with Crippen molar-refractivity contribution in [3.63, 3.8) is 0 Å². The Morgan fingerprint density at radius 3 is 2.38 bits per heavy atom. The normalized spacial score (nSPS) is 10.9. The van der Waals surface area contributed by atoms with Crippen LogP contribution >= 0.6 is 0 Å². The minimum Gasteiger partial charge on any atom is -0.491 e. The van der Waals surface area contributed by atoms with Crippen molar-refractivity contribution in [3.8, 4) is 5.75 Å². The molecule has 29 heavy (non-hydrogen) atoms. The van der Waals surface area contributed by atoms with Crippen LogP contribution in [0.2, 0.25) is 0 Å². The first kappa shape index (κ1) is 20.3. The average molecular weight is 411 g/mol. The topological polar surface area (TPSA) is 97.4 Å². The summed E-state index contributed by atoms with van der Waals surface area (Å²) in [6.45, 7) is 2.61. The Kier molecular flexibility index (Phi) is 6.46. The first-order valence-electron chi connectivity index (χ1n) is 8.95. The number of anilines is 1. The average Bonchev–Trinajstić information content (AvgIpc) is 2.73. The van der Waals surface area contributed by atoms with E-state index in [4.69, 9.17) is 4.74 Å². The van der Waals surface area contributed by atoms with Crippen LogP contribution in [0.3, 0.4) is 0 Å². The van der Waals surface area contributed by atoms with Gasteiger partial charge in [-0.3, -0.25) is 14.5 Å². The van der Waals surface area contributed by atoms with Crippen molar-refractivity contribution in [2.24, 2.45) is 0 Å². The molecule has 1 heterocycles. The van der Waals surface area contributed by atoms with Crippen LogP contribution in [0.25, 0.3) is 0 Å². The number of nitrogens with one attached hydrogen (secondary N) is 2. The number of hydrogen-bond donors (Lipinski definition) is 2. The summed E-state index contributed by atoms with van der Waals surface area (Å²) in [6, 6.07) is 16.5. The van der Waals surface area contributed by atoms with E-state index in [1.54, 1.807) is 12.1 Å². The first-order valence-corrected chi connectivity index (χ1v) is 10.4. The van der Waals surface area contributed by atoms with Gasteiger partial charge in [0.1, 0.15) is 12.4 Å². The summed E-state index contributed by atoms with van der Waals surface area (Å²) in [4.78, 5) is 16.1. The summed E-state index contributed by atoms with van der Waals surface area (Å²) < 4.78 is 32.9. The molecule has 7 nitrogen and oxygen atoms in total. The van der Waals surface area contributed by atoms with Crippen molar-refractivity contribution in [2.45, 2.75) is 11.8 Å². The molecule has 0 spiro atoms. The van der Waals surface area contributed by atoms with Crippen LogP contribution in [0.4, 0.5) is 5.69 Å². The van der Waals surface area contributed by atoms with Crippen LogP contribution < -0.4 is 14.8 Å². The second kappa shape index (κ2) is 9.20. The Labute approximate surface area is 169 Å². The summed E-state index contributed by atoms with van der Waals surface area (Å²) in [7, 11) is -3.74. The van der Waals surface area contributed by atoms with Crippen LogP contribution in [0.1, 0.15) is 15.9 Å². The second-order valence-corrected chi connectivity index (χ2v) is 7.92. The number of pyridine rings is 1. The van der Waals surface area contributed by atoms with Crippen molar-refractivity contribution in [1.29, 1.82) is 0 Å². The fourth-order valence-electron chi connectivity index (χ4n) is 2.57. The van der Waals surface area contributed by atoms with Crippen LogP contribution in [-0.2, 0) is 10.0 Å². The lowest BCUT2D eigenvalue weighted by Crippen LogP contribution is -2.28. The number of para-hydroxylation sites is 1. The Bertz CT molecular complexity index is 1070. The van der Waals surface area contributed by atoms with Gasteiger partial charge in [-0.05, 0) is 55.0 Å². The van der Waals surface area contributed by atoms with Crippen molar-refractivity contribution < 1.29 is 17.9 Å². The Hall–Kier alpha value is -3.39. The van der Waals surface area contributed by atoms with E-state index in [0.717, 1.165) is 11.3 Å². The number of benzene rings is 2. The maximum absolute atomic E-state index is 12.4. The number of sulfonamides is 1. The van der Waals surface area contributed by atoms with Crippen LogP contribution in [0, 0.1) is 6.92 Å². The van der Waals surface area contributed by atoms with Crippen molar-refractivity contribution in [1.82, 2.24) is 10.3 Å². The van der Waals surface area contributed by atoms with Crippen LogP contribution in [0.5, 0.6) is 5.75 Å². The molecule has 0 bridgehead atoms. The molecule has 1 amide bonds. The van der Waals surface area contributed by atoms with Gasteiger partial charge in [-0.2, -0.15) is 0 Å². The molecule has 1 aromatic heterocycles. The molecule has 150 valence electrons. The van der Waals surface area contributed by atoms with Gasteiger partial charge in [-0.15, -0.1) is 0 Å². The van der Waals surface area contributed by atoms with Gasteiger partial charge in [0.25, 0.3) is 15.9 Å². The second-order valence-electron chi connectivity index (χ2n) is 6.24. The zero-order valence-corrected chi connectivity index (χ0v) is 16.6. The number of ether oxygens (including phenoxy) is 1. The molecule has 0 aliphatic rings. The van der Waals surface area contributed by atoms with E-state index in [-0.39, 0.29) is 10.8 Å². The zero-order chi connectivity index (χ0) is 20.7. The summed E-state index contributed by atoms with van der Waals surface area (Å²) in [5.41, 5.74) is 1.80. The van der Waals surface area contributed by atoms with E-state index in [9.17, 15) is 13.2 Å². The van der Waals surface area contributed by atoms with Gasteiger partial charge in [0, 0.05) is 18.0 Å². The van der Waals surface area contributed by atoms with Crippen LogP contribution in [-0.4, -0.2) is 32.5 Å². The number of aryl methyl sites for hydroxylation is 1. The number of hydrogen-bond acceptors (Lipinski definition) is 5. The molecule has 0 atom stereocenters. The minimum atomic E-state index is -3.74. The van der Waals surface area contributed by atoms with Gasteiger partial charge in [0.15, 0.2) is 0 Å². The molecular weight excluding hydrogens is 390 g/mol. The molecule has 8 heteroatoms. The summed E-state index contributed by atoms with van der Waals surface area (Å²) in [5, 5.41) is 2.75. The maximum atomic E-state index is 12.4. The van der Waals surface area contributed by atoms with Crippen LogP contribution in [0.15, 0.2) is 78.0 Å². The van der Waals surface area contributed by atoms with E-state index in [2.05, 4.69) is 15.0 Å². The maximum Gasteiger partial charge on any atom is 0.261 e. The first-order chi connectivity index (χ1) is 14.0. The number of rotatable bonds is 8. The van der Waals surface area contributed by atoms with Crippen molar-refractivity contribution in [3.05, 3.63) is 84.2 Å². The van der Waals surface area contributed by atoms with Gasteiger partial charge in [0.05, 0.1) is 17.1 Å². The number of amides is 1. The number of carbonyl (C=O) groups is 1. The lowest BCUT2D eigenvalue weighted by molar-refractivity contribution is 0.0947. The molecule has 0 aliphatic carbocycles. The number of aromatic nitrogens is 1. The molecule has 2 aromatic carbocycles. The SMILES string of the molecule is Cc1ccccc1OCCNC(=O)c1ccc(S(=O)(=O)Nc2ccncc2)cc1. The smallest absolute Gasteiger partial charge is 0.261 e. The molecule has 0 aliphatic heterocycles. The van der Waals surface area contributed by atoms with E-state index >= 15 is 0 Å². The van der Waals surface area contributed by atoms with Gasteiger partial charge < -0.3 is 10.1 Å². The van der Waals surface area contributed by atoms with Gasteiger partial charge >= 0.3 is 0 Å². The highest BCUT2D eigenvalue weighted by Crippen LogP contribution is 2.17. The molecule has 0 saturated heterocycles. The lowest BCUT2D eigenvalue weighted by Gasteiger charge is -2.10. The monoisotopic (exact) mass is 411 g/mol. The Morgan fingerprint density at radius 2 is 1.69 bits per heavy atom. The van der Waals surface area contributed by atoms with E-state index in [0.29, 0.717) is 24.4 Å². The molecule has 3 aromatic rings. The molecular formula is C21H21N3O4S. The molecule has 2 N–H and O–H groups in total. The third-order valence-electron chi connectivity index (χ3n) is 4.10. The molecule has 3 rings (SSSR count).